The highest BCUT2D eigenvalue weighted by Gasteiger charge is 2.22. The third kappa shape index (κ3) is 3.04. The molecule has 1 heterocycles. The van der Waals surface area contributed by atoms with Crippen LogP contribution in [0.5, 0.6) is 11.5 Å². The fourth-order valence-corrected chi connectivity index (χ4v) is 3.47. The van der Waals surface area contributed by atoms with Crippen LogP contribution >= 0.6 is 0 Å². The minimum atomic E-state index is -1.14. The Hall–Kier alpha value is -3.93. The number of carbonyl (C=O) groups is 2. The van der Waals surface area contributed by atoms with E-state index in [9.17, 15) is 14.7 Å². The predicted molar refractivity (Wildman–Crippen MR) is 109 cm³/mol. The number of carboxylic acids is 1. The number of hydrogen-bond donors (Lipinski definition) is 1. The van der Waals surface area contributed by atoms with E-state index in [-0.39, 0.29) is 17.0 Å². The van der Waals surface area contributed by atoms with Gasteiger partial charge in [0.2, 0.25) is 5.78 Å². The van der Waals surface area contributed by atoms with Crippen LogP contribution in [0.4, 0.5) is 0 Å². The number of fused-ring (bicyclic) bond motifs is 2. The molecule has 29 heavy (non-hydrogen) atoms. The number of benzene rings is 3. The van der Waals surface area contributed by atoms with Gasteiger partial charge in [-0.1, -0.05) is 42.5 Å². The lowest BCUT2D eigenvalue weighted by Gasteiger charge is -2.13. The molecule has 0 amide bonds. The van der Waals surface area contributed by atoms with Gasteiger partial charge in [-0.3, -0.25) is 9.78 Å². The van der Waals surface area contributed by atoms with Crippen molar-refractivity contribution in [1.29, 1.82) is 0 Å². The largest absolute Gasteiger partial charge is 0.493 e. The normalized spacial score (nSPS) is 10.8. The molecule has 6 nitrogen and oxygen atoms in total. The van der Waals surface area contributed by atoms with Crippen LogP contribution in [-0.4, -0.2) is 36.1 Å². The molecule has 4 rings (SSSR count). The van der Waals surface area contributed by atoms with Crippen molar-refractivity contribution in [3.05, 3.63) is 77.6 Å². The molecule has 0 saturated heterocycles. The molecule has 0 aliphatic rings. The Morgan fingerprint density at radius 3 is 2.17 bits per heavy atom. The van der Waals surface area contributed by atoms with Gasteiger partial charge in [-0.2, -0.15) is 0 Å². The number of ether oxygens (including phenoxy) is 2. The van der Waals surface area contributed by atoms with Crippen LogP contribution < -0.4 is 9.47 Å². The van der Waals surface area contributed by atoms with E-state index in [0.717, 1.165) is 10.8 Å². The number of hydrogen-bond acceptors (Lipinski definition) is 5. The third-order valence-corrected chi connectivity index (χ3v) is 4.87. The number of methoxy groups -OCH3 is 2. The molecule has 3 aromatic carbocycles. The van der Waals surface area contributed by atoms with E-state index in [0.29, 0.717) is 27.8 Å². The van der Waals surface area contributed by atoms with Crippen molar-refractivity contribution < 1.29 is 24.2 Å². The molecule has 4 aromatic rings. The van der Waals surface area contributed by atoms with Crippen LogP contribution in [-0.2, 0) is 0 Å². The quantitative estimate of drug-likeness (QED) is 0.513. The van der Waals surface area contributed by atoms with E-state index in [1.54, 1.807) is 18.2 Å². The third-order valence-electron chi connectivity index (χ3n) is 4.87. The maximum atomic E-state index is 13.4. The average molecular weight is 387 g/mol. The van der Waals surface area contributed by atoms with Crippen molar-refractivity contribution in [3.8, 4) is 11.5 Å². The molecule has 0 fully saturated rings. The second kappa shape index (κ2) is 7.24. The lowest BCUT2D eigenvalue weighted by molar-refractivity contribution is 0.0698. The van der Waals surface area contributed by atoms with Gasteiger partial charge in [0.15, 0.2) is 11.5 Å². The Labute approximate surface area is 166 Å². The molecular weight excluding hydrogens is 370 g/mol. The molecule has 0 saturated carbocycles. The van der Waals surface area contributed by atoms with Crippen molar-refractivity contribution in [2.24, 2.45) is 0 Å². The summed E-state index contributed by atoms with van der Waals surface area (Å²) in [6.45, 7) is 0. The fraction of sp³-hybridized carbons (Fsp3) is 0.0870. The zero-order chi connectivity index (χ0) is 20.5. The van der Waals surface area contributed by atoms with E-state index >= 15 is 0 Å². The van der Waals surface area contributed by atoms with Crippen molar-refractivity contribution in [2.45, 2.75) is 0 Å². The Morgan fingerprint density at radius 1 is 0.828 bits per heavy atom. The molecule has 1 aromatic heterocycles. The summed E-state index contributed by atoms with van der Waals surface area (Å²) in [4.78, 5) is 29.3. The lowest BCUT2D eigenvalue weighted by Crippen LogP contribution is -2.09. The smallest absolute Gasteiger partial charge is 0.337 e. The number of nitrogens with zero attached hydrogens (tertiary/aromatic N) is 1. The highest BCUT2D eigenvalue weighted by atomic mass is 16.5. The number of pyridine rings is 1. The Balaban J connectivity index is 2.01. The number of carboxylic acid groups (broad SMARTS) is 1. The van der Waals surface area contributed by atoms with E-state index in [1.165, 1.54) is 20.4 Å². The zero-order valence-electron chi connectivity index (χ0n) is 15.8. The first-order chi connectivity index (χ1) is 14.0. The summed E-state index contributed by atoms with van der Waals surface area (Å²) < 4.78 is 10.6. The van der Waals surface area contributed by atoms with Crippen molar-refractivity contribution in [3.63, 3.8) is 0 Å². The lowest BCUT2D eigenvalue weighted by atomic mass is 9.96. The predicted octanol–water partition coefficient (Wildman–Crippen LogP) is 4.33. The first-order valence-electron chi connectivity index (χ1n) is 8.85. The Morgan fingerprint density at radius 2 is 1.48 bits per heavy atom. The number of aromatic nitrogens is 1. The van der Waals surface area contributed by atoms with Gasteiger partial charge >= 0.3 is 5.97 Å². The molecule has 0 bridgehead atoms. The van der Waals surface area contributed by atoms with Gasteiger partial charge in [-0.05, 0) is 22.9 Å². The number of carbonyl (C=O) groups excluding carboxylic acids is 1. The summed E-state index contributed by atoms with van der Waals surface area (Å²) >= 11 is 0. The van der Waals surface area contributed by atoms with Gasteiger partial charge in [0.1, 0.15) is 5.69 Å². The molecule has 0 unspecified atom stereocenters. The molecular formula is C23H17NO5. The van der Waals surface area contributed by atoms with E-state index in [1.807, 2.05) is 36.4 Å². The van der Waals surface area contributed by atoms with Gasteiger partial charge in [-0.15, -0.1) is 0 Å². The molecule has 0 atom stereocenters. The summed E-state index contributed by atoms with van der Waals surface area (Å²) in [5.74, 6) is -0.677. The summed E-state index contributed by atoms with van der Waals surface area (Å²) in [6, 6.07) is 16.2. The van der Waals surface area contributed by atoms with Crippen LogP contribution in [0.2, 0.25) is 0 Å². The second-order valence-corrected chi connectivity index (χ2v) is 6.43. The Bertz CT molecular complexity index is 1270. The molecule has 0 radical (unpaired) electrons. The maximum absolute atomic E-state index is 13.4. The zero-order valence-corrected chi connectivity index (χ0v) is 15.8. The minimum Gasteiger partial charge on any atom is -0.493 e. The van der Waals surface area contributed by atoms with Gasteiger partial charge in [-0.25, -0.2) is 4.79 Å². The van der Waals surface area contributed by atoms with Gasteiger partial charge in [0.25, 0.3) is 0 Å². The minimum absolute atomic E-state index is 0.0181. The van der Waals surface area contributed by atoms with Crippen molar-refractivity contribution in [2.75, 3.05) is 14.2 Å². The van der Waals surface area contributed by atoms with Crippen molar-refractivity contribution in [1.82, 2.24) is 4.98 Å². The SMILES string of the molecule is COc1cc2c(C(=O)O)cnc(C(=O)c3cccc4ccccc34)c2cc1OC. The maximum Gasteiger partial charge on any atom is 0.337 e. The van der Waals surface area contributed by atoms with Gasteiger partial charge < -0.3 is 14.6 Å². The molecule has 0 aliphatic heterocycles. The molecule has 144 valence electrons. The van der Waals surface area contributed by atoms with Gasteiger partial charge in [0.05, 0.1) is 19.8 Å². The molecule has 0 spiro atoms. The van der Waals surface area contributed by atoms with Gasteiger partial charge in [0, 0.05) is 22.5 Å². The molecule has 1 N–H and O–H groups in total. The van der Waals surface area contributed by atoms with E-state index in [4.69, 9.17) is 9.47 Å². The standard InChI is InChI=1S/C23H17NO5/c1-28-19-10-16-17(11-20(19)29-2)21(24-12-18(16)23(26)27)22(25)15-9-5-7-13-6-3-4-8-14(13)15/h3-12H,1-2H3,(H,26,27). The summed E-state index contributed by atoms with van der Waals surface area (Å²) in [5, 5.41) is 12.0. The number of aromatic carboxylic acids is 1. The van der Waals surface area contributed by atoms with Crippen LogP contribution in [0.15, 0.2) is 60.8 Å². The molecule has 6 heteroatoms. The first-order valence-corrected chi connectivity index (χ1v) is 8.85. The molecule has 0 aliphatic carbocycles. The van der Waals surface area contributed by atoms with Crippen LogP contribution in [0.3, 0.4) is 0 Å². The summed E-state index contributed by atoms with van der Waals surface area (Å²) in [7, 11) is 2.94. The first kappa shape index (κ1) is 18.4. The summed E-state index contributed by atoms with van der Waals surface area (Å²) in [5.41, 5.74) is 0.632. The van der Waals surface area contributed by atoms with Crippen LogP contribution in [0, 0.1) is 0 Å². The fourth-order valence-electron chi connectivity index (χ4n) is 3.47. The second-order valence-electron chi connectivity index (χ2n) is 6.43. The summed E-state index contributed by atoms with van der Waals surface area (Å²) in [6.07, 6.45) is 1.20. The Kier molecular flexibility index (Phi) is 4.60. The highest BCUT2D eigenvalue weighted by molar-refractivity contribution is 6.21. The van der Waals surface area contributed by atoms with Crippen LogP contribution in [0.1, 0.15) is 26.4 Å². The van der Waals surface area contributed by atoms with E-state index in [2.05, 4.69) is 4.98 Å². The van der Waals surface area contributed by atoms with Crippen LogP contribution in [0.25, 0.3) is 21.5 Å². The average Bonchev–Trinajstić information content (AvgIpc) is 2.76. The topological polar surface area (TPSA) is 85.7 Å². The van der Waals surface area contributed by atoms with Crippen molar-refractivity contribution >= 4 is 33.3 Å². The number of ketones is 1. The monoisotopic (exact) mass is 387 g/mol. The number of rotatable bonds is 5. The highest BCUT2D eigenvalue weighted by Crippen LogP contribution is 2.35. The van der Waals surface area contributed by atoms with E-state index < -0.39 is 5.97 Å².